The summed E-state index contributed by atoms with van der Waals surface area (Å²) in [5.41, 5.74) is 0. The van der Waals surface area contributed by atoms with Gasteiger partial charge in [0, 0.05) is 31.8 Å². The molecule has 2 rings (SSSR count). The number of esters is 4. The molecular formula is C96H181N2O16P. The molecule has 9 atom stereocenters. The van der Waals surface area contributed by atoms with E-state index in [4.69, 9.17) is 28.2 Å². The van der Waals surface area contributed by atoms with Gasteiger partial charge in [-0.2, -0.15) is 0 Å². The predicted octanol–water partition coefficient (Wildman–Crippen LogP) is 26.2. The number of hydrogen-bond acceptors (Lipinski definition) is 14. The summed E-state index contributed by atoms with van der Waals surface area (Å²) in [6, 6.07) is -1.66. The molecule has 0 aromatic heterocycles. The fraction of sp³-hybridized carbons (Fsp3) is 0.938. The number of likely N-dealkylation sites (tertiary alicyclic amines) is 1. The summed E-state index contributed by atoms with van der Waals surface area (Å²) < 4.78 is 50.5. The van der Waals surface area contributed by atoms with Gasteiger partial charge in [-0.15, -0.1) is 0 Å². The highest BCUT2D eigenvalue weighted by Crippen LogP contribution is 2.43. The standard InChI is InChI=1S/C96H181N2O16P/c1-7-13-19-25-31-37-40-46-52-58-64-72-90(102)109-83(69-61-55-49-43-34-28-22-16-10-4)78-88(100)97-94-86(76-75-82-68-67-77-98(82)89(101)79-84(70-62-56-50-44-35-29-23-17-11-5)110-91(103)73-65-59-53-47-41-38-32-26-20-14-8-2)112-87(81-99)95(114-115(106,107)108)96(94)113-93(105)80-85(71-63-57-51-45-36-30-24-18-12-6)111-92(104)74-66-60-54-48-42-39-33-27-21-15-9-3/h82-87,94-96,99H,7-81H2,1-6H3,(H,97,100)(H2,106,107,108)/t82-,83+,84+,85+,86-,87?,94?,95-,96+/m0/s1. The molecule has 2 fully saturated rings. The Morgan fingerprint density at radius 1 is 0.374 bits per heavy atom. The first kappa shape index (κ1) is 108. The van der Waals surface area contributed by atoms with E-state index in [0.717, 1.165) is 141 Å². The maximum absolute atomic E-state index is 15.1. The summed E-state index contributed by atoms with van der Waals surface area (Å²) >= 11 is 0. The number of carbonyl (C=O) groups excluding carboxylic acids is 6. The first-order chi connectivity index (χ1) is 56.0. The maximum Gasteiger partial charge on any atom is 0.470 e. The third-order valence-electron chi connectivity index (χ3n) is 24.3. The Hall–Kier alpha value is -3.15. The molecule has 0 radical (unpaired) electrons. The summed E-state index contributed by atoms with van der Waals surface area (Å²) in [5, 5.41) is 14.3. The number of aliphatic hydroxyl groups is 1. The van der Waals surface area contributed by atoms with Crippen LogP contribution in [0.3, 0.4) is 0 Å². The SMILES string of the molecule is CCCCCCCCCCCCCC(=O)O[C@H](CCCCCCCCCCC)CC(=O)NC1[C@H](CC[C@@H]2CCCN2C(=O)C[C@@H](CCCCCCCCCCC)OC(=O)CCCCCCCCCCCCC)OC(CO)[C@H](OP(=O)(O)O)[C@@H]1OC(=O)C[C@@H](CCCCCCCCCCC)OC(=O)CCCCCCCCCCCCC. The van der Waals surface area contributed by atoms with Crippen LogP contribution in [0.2, 0.25) is 0 Å². The van der Waals surface area contributed by atoms with Gasteiger partial charge in [0.1, 0.15) is 30.5 Å². The van der Waals surface area contributed by atoms with Crippen molar-refractivity contribution in [2.24, 2.45) is 0 Å². The van der Waals surface area contributed by atoms with E-state index in [-0.39, 0.29) is 62.4 Å². The van der Waals surface area contributed by atoms with Gasteiger partial charge in [-0.25, -0.2) is 4.57 Å². The van der Waals surface area contributed by atoms with E-state index in [1.54, 1.807) is 0 Å². The number of nitrogens with one attached hydrogen (secondary N) is 1. The maximum atomic E-state index is 15.1. The van der Waals surface area contributed by atoms with Crippen LogP contribution in [0.5, 0.6) is 0 Å². The van der Waals surface area contributed by atoms with Crippen molar-refractivity contribution in [1.29, 1.82) is 0 Å². The van der Waals surface area contributed by atoms with Gasteiger partial charge < -0.3 is 48.8 Å². The van der Waals surface area contributed by atoms with Crippen molar-refractivity contribution in [2.75, 3.05) is 13.2 Å². The van der Waals surface area contributed by atoms with Crippen LogP contribution < -0.4 is 5.32 Å². The second-order valence-electron chi connectivity index (χ2n) is 35.1. The van der Waals surface area contributed by atoms with E-state index in [0.29, 0.717) is 77.2 Å². The number of unbranched alkanes of at least 4 members (excludes halogenated alkanes) is 54. The van der Waals surface area contributed by atoms with E-state index >= 15 is 4.79 Å². The molecule has 19 heteroatoms. The summed E-state index contributed by atoms with van der Waals surface area (Å²) in [6.45, 7) is 13.0. The highest BCUT2D eigenvalue weighted by atomic mass is 31.2. The van der Waals surface area contributed by atoms with Crippen LogP contribution in [0.15, 0.2) is 0 Å². The van der Waals surface area contributed by atoms with E-state index in [1.807, 2.05) is 4.90 Å². The molecule has 0 aliphatic carbocycles. The average molecular weight is 1650 g/mol. The Balaban J connectivity index is 2.60. The van der Waals surface area contributed by atoms with Gasteiger partial charge in [0.2, 0.25) is 11.8 Å². The summed E-state index contributed by atoms with van der Waals surface area (Å²) in [7, 11) is -5.45. The van der Waals surface area contributed by atoms with Gasteiger partial charge in [-0.05, 0) is 83.5 Å². The molecule has 0 aromatic carbocycles. The third-order valence-corrected chi connectivity index (χ3v) is 24.8. The molecule has 676 valence electrons. The van der Waals surface area contributed by atoms with Crippen LogP contribution in [0.25, 0.3) is 0 Å². The molecule has 18 nitrogen and oxygen atoms in total. The number of amides is 2. The second kappa shape index (κ2) is 75.8. The van der Waals surface area contributed by atoms with Crippen LogP contribution in [-0.4, -0.2) is 123 Å². The van der Waals surface area contributed by atoms with Crippen molar-refractivity contribution in [1.82, 2.24) is 10.2 Å². The van der Waals surface area contributed by atoms with Crippen LogP contribution in [0.4, 0.5) is 0 Å². The quantitative estimate of drug-likeness (QED) is 0.0191. The van der Waals surface area contributed by atoms with Crippen LogP contribution in [0.1, 0.15) is 510 Å². The molecule has 115 heavy (non-hydrogen) atoms. The molecule has 0 spiro atoms. The molecular weight excluding hydrogens is 1470 g/mol. The number of nitrogens with zero attached hydrogens (tertiary/aromatic N) is 1. The minimum atomic E-state index is -5.45. The fourth-order valence-corrected chi connectivity index (χ4v) is 17.7. The highest BCUT2D eigenvalue weighted by Gasteiger charge is 2.52. The fourth-order valence-electron chi connectivity index (χ4n) is 17.2. The van der Waals surface area contributed by atoms with Crippen molar-refractivity contribution in [3.05, 3.63) is 0 Å². The van der Waals surface area contributed by atoms with Gasteiger partial charge in [-0.1, -0.05) is 388 Å². The topological polar surface area (TPSA) is 251 Å². The normalized spacial score (nSPS) is 17.9. The molecule has 0 bridgehead atoms. The number of rotatable bonds is 83. The van der Waals surface area contributed by atoms with E-state index < -0.39 is 81.0 Å². The van der Waals surface area contributed by atoms with E-state index in [1.165, 1.54) is 218 Å². The van der Waals surface area contributed by atoms with Crippen molar-refractivity contribution >= 4 is 43.5 Å². The zero-order valence-electron chi connectivity index (χ0n) is 75.3. The van der Waals surface area contributed by atoms with E-state index in [9.17, 15) is 43.4 Å². The predicted molar refractivity (Wildman–Crippen MR) is 471 cm³/mol. The molecule has 4 N–H and O–H groups in total. The highest BCUT2D eigenvalue weighted by molar-refractivity contribution is 7.46. The van der Waals surface area contributed by atoms with Gasteiger partial charge in [0.15, 0.2) is 6.10 Å². The van der Waals surface area contributed by atoms with E-state index in [2.05, 4.69) is 46.9 Å². The largest absolute Gasteiger partial charge is 0.470 e. The monoisotopic (exact) mass is 1650 g/mol. The first-order valence-corrected chi connectivity index (χ1v) is 50.9. The van der Waals surface area contributed by atoms with Crippen LogP contribution in [-0.2, 0) is 61.5 Å². The average Bonchev–Trinajstić information content (AvgIpc) is 1.14. The minimum Gasteiger partial charge on any atom is -0.462 e. The number of aliphatic hydroxyl groups excluding tert-OH is 1. The molecule has 2 saturated heterocycles. The van der Waals surface area contributed by atoms with Crippen LogP contribution >= 0.6 is 7.82 Å². The lowest BCUT2D eigenvalue weighted by molar-refractivity contribution is -0.210. The molecule has 2 amide bonds. The molecule has 2 aliphatic heterocycles. The molecule has 2 unspecified atom stereocenters. The number of hydrogen-bond donors (Lipinski definition) is 4. The van der Waals surface area contributed by atoms with Gasteiger partial charge in [0.25, 0.3) is 0 Å². The van der Waals surface area contributed by atoms with Crippen molar-refractivity contribution in [3.63, 3.8) is 0 Å². The van der Waals surface area contributed by atoms with Crippen molar-refractivity contribution < 1.29 is 76.4 Å². The molecule has 0 saturated carbocycles. The number of ether oxygens (including phenoxy) is 5. The Morgan fingerprint density at radius 3 is 0.983 bits per heavy atom. The zero-order valence-corrected chi connectivity index (χ0v) is 76.2. The van der Waals surface area contributed by atoms with Gasteiger partial charge in [-0.3, -0.25) is 33.3 Å². The number of phosphoric acid groups is 1. The first-order valence-electron chi connectivity index (χ1n) is 49.4. The molecule has 2 aliphatic rings. The summed E-state index contributed by atoms with van der Waals surface area (Å²) in [5.74, 6) is -2.61. The zero-order chi connectivity index (χ0) is 83.7. The Bertz CT molecular complexity index is 2360. The lowest BCUT2D eigenvalue weighted by Gasteiger charge is -2.46. The van der Waals surface area contributed by atoms with Crippen LogP contribution in [0, 0.1) is 0 Å². The van der Waals surface area contributed by atoms with Crippen molar-refractivity contribution in [3.8, 4) is 0 Å². The van der Waals surface area contributed by atoms with Crippen molar-refractivity contribution in [2.45, 2.75) is 565 Å². The third kappa shape index (κ3) is 60.9. The Morgan fingerprint density at radius 2 is 0.670 bits per heavy atom. The second-order valence-corrected chi connectivity index (χ2v) is 36.3. The molecule has 2 heterocycles. The number of phosphoric ester groups is 1. The Labute approximate surface area is 704 Å². The smallest absolute Gasteiger partial charge is 0.462 e. The van der Waals surface area contributed by atoms with Gasteiger partial charge in [0.05, 0.1) is 38.0 Å². The summed E-state index contributed by atoms with van der Waals surface area (Å²) in [4.78, 5) is 109. The Kier molecular flexibility index (Phi) is 71.1. The minimum absolute atomic E-state index is 0.0427. The summed E-state index contributed by atoms with van der Waals surface area (Å²) in [6.07, 6.45) is 62.2. The lowest BCUT2D eigenvalue weighted by Crippen LogP contribution is -2.66. The number of carbonyl (C=O) groups is 6. The molecule has 0 aromatic rings. The lowest BCUT2D eigenvalue weighted by atomic mass is 9.88. The van der Waals surface area contributed by atoms with Gasteiger partial charge >= 0.3 is 31.7 Å².